The molecule has 0 saturated heterocycles. The van der Waals surface area contributed by atoms with E-state index in [1.165, 1.54) is 30.5 Å². The van der Waals surface area contributed by atoms with Crippen LogP contribution >= 0.6 is 0 Å². The zero-order valence-electron chi connectivity index (χ0n) is 8.79. The topological polar surface area (TPSA) is 38.9 Å². The number of pyridine rings is 1. The van der Waals surface area contributed by atoms with Crippen molar-refractivity contribution in [1.82, 2.24) is 4.98 Å². The first-order valence-electron chi connectivity index (χ1n) is 5.46. The fraction of sp³-hybridized carbons (Fsp3) is 0.583. The largest absolute Gasteiger partial charge is 0.330 e. The Morgan fingerprint density at radius 3 is 2.57 bits per heavy atom. The Hall–Kier alpha value is -0.890. The van der Waals surface area contributed by atoms with Crippen LogP contribution in [0.1, 0.15) is 37.4 Å². The molecule has 0 atom stereocenters. The fourth-order valence-electron chi connectivity index (χ4n) is 2.12. The van der Waals surface area contributed by atoms with Crippen LogP contribution < -0.4 is 5.73 Å². The van der Waals surface area contributed by atoms with E-state index in [0.29, 0.717) is 0 Å². The minimum atomic E-state index is 0.215. The molecule has 2 nitrogen and oxygen atoms in total. The highest BCUT2D eigenvalue weighted by Crippen LogP contribution is 2.41. The minimum Gasteiger partial charge on any atom is -0.330 e. The summed E-state index contributed by atoms with van der Waals surface area (Å²) in [5, 5.41) is 0. The van der Waals surface area contributed by atoms with Gasteiger partial charge in [0.1, 0.15) is 0 Å². The molecule has 2 rings (SSSR count). The first-order chi connectivity index (χ1) is 6.80. The Labute approximate surface area is 85.5 Å². The lowest BCUT2D eigenvalue weighted by molar-refractivity contribution is 0.246. The molecule has 14 heavy (non-hydrogen) atoms. The predicted octanol–water partition coefficient (Wildman–Crippen LogP) is 2.02. The van der Waals surface area contributed by atoms with Crippen molar-refractivity contribution in [3.8, 4) is 0 Å². The number of aromatic nitrogens is 1. The summed E-state index contributed by atoms with van der Waals surface area (Å²) < 4.78 is 0. The highest BCUT2D eigenvalue weighted by molar-refractivity contribution is 5.24. The standard InChI is InChI=1S/C12H18N2/c1-2-10-4-5-11(14-8-10)12(9-13)6-3-7-12/h4-5,8H,2-3,6-7,9,13H2,1H3. The number of aryl methyl sites for hydroxylation is 1. The molecule has 0 unspecified atom stereocenters. The average molecular weight is 190 g/mol. The monoisotopic (exact) mass is 190 g/mol. The quantitative estimate of drug-likeness (QED) is 0.792. The zero-order valence-corrected chi connectivity index (χ0v) is 8.79. The molecule has 0 bridgehead atoms. The van der Waals surface area contributed by atoms with Crippen molar-refractivity contribution in [2.45, 2.75) is 38.0 Å². The van der Waals surface area contributed by atoms with Crippen molar-refractivity contribution in [2.75, 3.05) is 6.54 Å². The predicted molar refractivity (Wildman–Crippen MR) is 58.2 cm³/mol. The lowest BCUT2D eigenvalue weighted by Crippen LogP contribution is -2.42. The highest BCUT2D eigenvalue weighted by atomic mass is 14.8. The van der Waals surface area contributed by atoms with Crippen molar-refractivity contribution in [3.05, 3.63) is 29.6 Å². The van der Waals surface area contributed by atoms with Gasteiger partial charge in [0.15, 0.2) is 0 Å². The van der Waals surface area contributed by atoms with E-state index in [0.717, 1.165) is 13.0 Å². The van der Waals surface area contributed by atoms with Crippen LogP contribution in [0.3, 0.4) is 0 Å². The van der Waals surface area contributed by atoms with Crippen LogP contribution in [-0.2, 0) is 11.8 Å². The van der Waals surface area contributed by atoms with Gasteiger partial charge in [-0.1, -0.05) is 19.4 Å². The van der Waals surface area contributed by atoms with Crippen LogP contribution in [0.4, 0.5) is 0 Å². The van der Waals surface area contributed by atoms with E-state index in [9.17, 15) is 0 Å². The fourth-order valence-corrected chi connectivity index (χ4v) is 2.12. The SMILES string of the molecule is CCc1ccc(C2(CN)CCC2)nc1. The molecule has 76 valence electrons. The van der Waals surface area contributed by atoms with Gasteiger partial charge in [-0.05, 0) is 30.9 Å². The maximum atomic E-state index is 5.83. The number of nitrogens with zero attached hydrogens (tertiary/aromatic N) is 1. The molecule has 1 fully saturated rings. The summed E-state index contributed by atoms with van der Waals surface area (Å²) in [6.45, 7) is 2.89. The zero-order chi connectivity index (χ0) is 10.0. The molecular formula is C12H18N2. The number of hydrogen-bond donors (Lipinski definition) is 1. The third-order valence-corrected chi connectivity index (χ3v) is 3.48. The summed E-state index contributed by atoms with van der Waals surface area (Å²) in [6.07, 6.45) is 6.77. The summed E-state index contributed by atoms with van der Waals surface area (Å²) >= 11 is 0. The van der Waals surface area contributed by atoms with Gasteiger partial charge >= 0.3 is 0 Å². The van der Waals surface area contributed by atoms with Crippen LogP contribution in [0.5, 0.6) is 0 Å². The highest BCUT2D eigenvalue weighted by Gasteiger charge is 2.38. The van der Waals surface area contributed by atoms with E-state index in [2.05, 4.69) is 24.0 Å². The van der Waals surface area contributed by atoms with Crippen LogP contribution in [-0.4, -0.2) is 11.5 Å². The second kappa shape index (κ2) is 3.70. The lowest BCUT2D eigenvalue weighted by atomic mass is 9.66. The molecule has 1 aromatic heterocycles. The third kappa shape index (κ3) is 1.44. The molecule has 1 heterocycles. The normalized spacial score (nSPS) is 19.0. The van der Waals surface area contributed by atoms with Gasteiger partial charge in [-0.25, -0.2) is 0 Å². The average Bonchev–Trinajstić information content (AvgIpc) is 2.18. The minimum absolute atomic E-state index is 0.215. The van der Waals surface area contributed by atoms with Crippen molar-refractivity contribution in [2.24, 2.45) is 5.73 Å². The van der Waals surface area contributed by atoms with Crippen LogP contribution in [0.25, 0.3) is 0 Å². The first kappa shape index (κ1) is 9.66. The van der Waals surface area contributed by atoms with Gasteiger partial charge in [-0.15, -0.1) is 0 Å². The molecule has 1 saturated carbocycles. The maximum absolute atomic E-state index is 5.83. The molecule has 2 N–H and O–H groups in total. The van der Waals surface area contributed by atoms with Crippen molar-refractivity contribution in [3.63, 3.8) is 0 Å². The Morgan fingerprint density at radius 2 is 2.21 bits per heavy atom. The second-order valence-electron chi connectivity index (χ2n) is 4.24. The molecule has 1 aliphatic rings. The first-order valence-corrected chi connectivity index (χ1v) is 5.46. The van der Waals surface area contributed by atoms with Crippen LogP contribution in [0.15, 0.2) is 18.3 Å². The van der Waals surface area contributed by atoms with Gasteiger partial charge in [-0.3, -0.25) is 4.98 Å². The van der Waals surface area contributed by atoms with Crippen molar-refractivity contribution in [1.29, 1.82) is 0 Å². The summed E-state index contributed by atoms with van der Waals surface area (Å²) in [4.78, 5) is 4.53. The van der Waals surface area contributed by atoms with Gasteiger partial charge in [0.05, 0.1) is 0 Å². The van der Waals surface area contributed by atoms with E-state index in [1.54, 1.807) is 0 Å². The summed E-state index contributed by atoms with van der Waals surface area (Å²) in [5.74, 6) is 0. The second-order valence-corrected chi connectivity index (χ2v) is 4.24. The smallest absolute Gasteiger partial charge is 0.0478 e. The Morgan fingerprint density at radius 1 is 1.43 bits per heavy atom. The molecule has 0 radical (unpaired) electrons. The number of nitrogens with two attached hydrogens (primary N) is 1. The van der Waals surface area contributed by atoms with Gasteiger partial charge in [-0.2, -0.15) is 0 Å². The third-order valence-electron chi connectivity index (χ3n) is 3.48. The molecular weight excluding hydrogens is 172 g/mol. The van der Waals surface area contributed by atoms with Crippen molar-refractivity contribution < 1.29 is 0 Å². The number of hydrogen-bond acceptors (Lipinski definition) is 2. The van der Waals surface area contributed by atoms with Gasteiger partial charge in [0.25, 0.3) is 0 Å². The van der Waals surface area contributed by atoms with Crippen LogP contribution in [0.2, 0.25) is 0 Å². The summed E-state index contributed by atoms with van der Waals surface area (Å²) in [6, 6.07) is 4.34. The van der Waals surface area contributed by atoms with Crippen molar-refractivity contribution >= 4 is 0 Å². The molecule has 0 amide bonds. The van der Waals surface area contributed by atoms with E-state index in [4.69, 9.17) is 5.73 Å². The van der Waals surface area contributed by atoms with Gasteiger partial charge < -0.3 is 5.73 Å². The van der Waals surface area contributed by atoms with E-state index < -0.39 is 0 Å². The molecule has 2 heteroatoms. The molecule has 1 aromatic rings. The Kier molecular flexibility index (Phi) is 2.55. The van der Waals surface area contributed by atoms with Gasteiger partial charge in [0.2, 0.25) is 0 Å². The molecule has 0 spiro atoms. The summed E-state index contributed by atoms with van der Waals surface area (Å²) in [5.41, 5.74) is 8.55. The lowest BCUT2D eigenvalue weighted by Gasteiger charge is -2.40. The molecule has 0 aromatic carbocycles. The number of rotatable bonds is 3. The van der Waals surface area contributed by atoms with Crippen LogP contribution in [0, 0.1) is 0 Å². The Bertz CT molecular complexity index is 293. The van der Waals surface area contributed by atoms with E-state index in [-0.39, 0.29) is 5.41 Å². The van der Waals surface area contributed by atoms with E-state index >= 15 is 0 Å². The van der Waals surface area contributed by atoms with E-state index in [1.807, 2.05) is 6.20 Å². The summed E-state index contributed by atoms with van der Waals surface area (Å²) in [7, 11) is 0. The maximum Gasteiger partial charge on any atom is 0.0478 e. The van der Waals surface area contributed by atoms with Gasteiger partial charge in [0, 0.05) is 23.9 Å². The molecule has 0 aliphatic heterocycles. The Balaban J connectivity index is 2.23. The molecule has 1 aliphatic carbocycles.